The van der Waals surface area contributed by atoms with Crippen molar-refractivity contribution in [1.82, 2.24) is 15.1 Å². The largest absolute Gasteiger partial charge is 0.355 e. The monoisotopic (exact) mass is 340 g/mol. The summed E-state index contributed by atoms with van der Waals surface area (Å²) in [6, 6.07) is 2.93. The number of rotatable bonds is 7. The number of amides is 3. The maximum atomic E-state index is 13.3. The molecule has 1 aromatic rings. The van der Waals surface area contributed by atoms with E-state index in [9.17, 15) is 18.4 Å². The summed E-state index contributed by atoms with van der Waals surface area (Å²) in [5.41, 5.74) is 0.285. The first-order chi connectivity index (χ1) is 11.4. The van der Waals surface area contributed by atoms with Crippen molar-refractivity contribution in [2.75, 3.05) is 51.7 Å². The Bertz CT molecular complexity index is 610. The van der Waals surface area contributed by atoms with Gasteiger partial charge in [-0.25, -0.2) is 13.6 Å². The average Bonchev–Trinajstić information content (AvgIpc) is 2.87. The van der Waals surface area contributed by atoms with Crippen LogP contribution in [0.3, 0.4) is 0 Å². The van der Waals surface area contributed by atoms with E-state index in [0.29, 0.717) is 19.6 Å². The van der Waals surface area contributed by atoms with Crippen LogP contribution in [0, 0.1) is 11.6 Å². The predicted octanol–water partition coefficient (Wildman–Crippen LogP) is 1.27. The zero-order chi connectivity index (χ0) is 17.7. The van der Waals surface area contributed by atoms with E-state index in [0.717, 1.165) is 25.1 Å². The summed E-state index contributed by atoms with van der Waals surface area (Å²) < 4.78 is 26.3. The zero-order valence-electron chi connectivity index (χ0n) is 13.9. The van der Waals surface area contributed by atoms with Gasteiger partial charge in [0.15, 0.2) is 11.6 Å². The van der Waals surface area contributed by atoms with E-state index in [-0.39, 0.29) is 24.2 Å². The number of carbonyl (C=O) groups is 2. The molecule has 8 heteroatoms. The van der Waals surface area contributed by atoms with Gasteiger partial charge in [0.1, 0.15) is 6.54 Å². The van der Waals surface area contributed by atoms with Gasteiger partial charge in [0.05, 0.1) is 0 Å². The molecule has 0 saturated carbocycles. The minimum atomic E-state index is -1.00. The highest BCUT2D eigenvalue weighted by atomic mass is 19.2. The molecule has 24 heavy (non-hydrogen) atoms. The van der Waals surface area contributed by atoms with Gasteiger partial charge in [-0.15, -0.1) is 0 Å². The van der Waals surface area contributed by atoms with Crippen molar-refractivity contribution in [3.8, 4) is 0 Å². The summed E-state index contributed by atoms with van der Waals surface area (Å²) in [4.78, 5) is 28.9. The van der Waals surface area contributed by atoms with E-state index in [2.05, 4.69) is 5.32 Å². The predicted molar refractivity (Wildman–Crippen MR) is 86.9 cm³/mol. The highest BCUT2D eigenvalue weighted by Gasteiger charge is 2.31. The zero-order valence-corrected chi connectivity index (χ0v) is 13.9. The number of hydrogen-bond acceptors (Lipinski definition) is 3. The minimum absolute atomic E-state index is 0.0407. The van der Waals surface area contributed by atoms with Crippen LogP contribution in [0.4, 0.5) is 19.3 Å². The Balaban J connectivity index is 1.85. The summed E-state index contributed by atoms with van der Waals surface area (Å²) >= 11 is 0. The van der Waals surface area contributed by atoms with Gasteiger partial charge in [0, 0.05) is 31.4 Å². The SMILES string of the molecule is CN(C)CCCNC(=O)CN1CCN(c2ccc(F)c(F)c2)C1=O. The van der Waals surface area contributed by atoms with Crippen molar-refractivity contribution in [2.45, 2.75) is 6.42 Å². The molecule has 0 atom stereocenters. The molecule has 132 valence electrons. The fourth-order valence-electron chi connectivity index (χ4n) is 2.47. The van der Waals surface area contributed by atoms with Gasteiger partial charge in [-0.05, 0) is 39.2 Å². The van der Waals surface area contributed by atoms with Crippen LogP contribution in [0.5, 0.6) is 0 Å². The molecule has 2 rings (SSSR count). The summed E-state index contributed by atoms with van der Waals surface area (Å²) in [6.07, 6.45) is 0.827. The van der Waals surface area contributed by atoms with Crippen molar-refractivity contribution < 1.29 is 18.4 Å². The molecule has 1 saturated heterocycles. The Morgan fingerprint density at radius 1 is 1.25 bits per heavy atom. The molecule has 1 heterocycles. The molecule has 1 fully saturated rings. The van der Waals surface area contributed by atoms with Crippen LogP contribution in [-0.2, 0) is 4.79 Å². The van der Waals surface area contributed by atoms with Gasteiger partial charge in [-0.2, -0.15) is 0 Å². The van der Waals surface area contributed by atoms with Crippen molar-refractivity contribution in [3.05, 3.63) is 29.8 Å². The Morgan fingerprint density at radius 2 is 2.00 bits per heavy atom. The summed E-state index contributed by atoms with van der Waals surface area (Å²) in [6.45, 7) is 2.07. The van der Waals surface area contributed by atoms with Crippen molar-refractivity contribution in [1.29, 1.82) is 0 Å². The number of nitrogens with one attached hydrogen (secondary N) is 1. The second-order valence-corrected chi connectivity index (χ2v) is 5.96. The van der Waals surface area contributed by atoms with E-state index in [1.165, 1.54) is 15.9 Å². The highest BCUT2D eigenvalue weighted by molar-refractivity contribution is 5.96. The van der Waals surface area contributed by atoms with E-state index in [4.69, 9.17) is 0 Å². The molecular formula is C16H22F2N4O2. The van der Waals surface area contributed by atoms with E-state index in [1.807, 2.05) is 19.0 Å². The molecule has 0 radical (unpaired) electrons. The van der Waals surface area contributed by atoms with Crippen LogP contribution in [-0.4, -0.2) is 68.6 Å². The molecule has 1 aromatic carbocycles. The number of urea groups is 1. The molecule has 0 unspecified atom stereocenters. The number of halogens is 2. The molecule has 6 nitrogen and oxygen atoms in total. The number of hydrogen-bond donors (Lipinski definition) is 1. The maximum Gasteiger partial charge on any atom is 0.325 e. The van der Waals surface area contributed by atoms with Crippen LogP contribution in [0.25, 0.3) is 0 Å². The first-order valence-corrected chi connectivity index (χ1v) is 7.81. The molecular weight excluding hydrogens is 318 g/mol. The number of carbonyl (C=O) groups excluding carboxylic acids is 2. The molecule has 0 spiro atoms. The maximum absolute atomic E-state index is 13.3. The first-order valence-electron chi connectivity index (χ1n) is 7.81. The van der Waals surface area contributed by atoms with Gasteiger partial charge in [0.25, 0.3) is 0 Å². The summed E-state index contributed by atoms with van der Waals surface area (Å²) in [5, 5.41) is 2.77. The molecule has 0 aromatic heterocycles. The normalized spacial score (nSPS) is 14.6. The number of benzene rings is 1. The van der Waals surface area contributed by atoms with E-state index in [1.54, 1.807) is 0 Å². The lowest BCUT2D eigenvalue weighted by atomic mass is 10.3. The molecule has 0 bridgehead atoms. The standard InChI is InChI=1S/C16H22F2N4O2/c1-20(2)7-3-6-19-15(23)11-21-8-9-22(16(21)24)12-4-5-13(17)14(18)10-12/h4-5,10H,3,6-9,11H2,1-2H3,(H,19,23). The lowest BCUT2D eigenvalue weighted by Crippen LogP contribution is -2.40. The van der Waals surface area contributed by atoms with Crippen molar-refractivity contribution in [2.24, 2.45) is 0 Å². The van der Waals surface area contributed by atoms with Crippen molar-refractivity contribution >= 4 is 17.6 Å². The Kier molecular flexibility index (Phi) is 6.08. The molecule has 1 N–H and O–H groups in total. The lowest BCUT2D eigenvalue weighted by Gasteiger charge is -2.18. The molecule has 1 aliphatic rings. The fourth-order valence-corrected chi connectivity index (χ4v) is 2.47. The summed E-state index contributed by atoms with van der Waals surface area (Å²) in [5.74, 6) is -2.19. The third-order valence-electron chi connectivity index (χ3n) is 3.75. The fraction of sp³-hybridized carbons (Fsp3) is 0.500. The Labute approximate surface area is 140 Å². The van der Waals surface area contributed by atoms with E-state index >= 15 is 0 Å². The van der Waals surface area contributed by atoms with Gasteiger partial charge in [-0.1, -0.05) is 0 Å². The summed E-state index contributed by atoms with van der Waals surface area (Å²) in [7, 11) is 3.91. The van der Waals surface area contributed by atoms with Crippen LogP contribution in [0.15, 0.2) is 18.2 Å². The molecule has 1 aliphatic heterocycles. The van der Waals surface area contributed by atoms with Gasteiger partial charge in [0.2, 0.25) is 5.91 Å². The van der Waals surface area contributed by atoms with Crippen LogP contribution >= 0.6 is 0 Å². The third-order valence-corrected chi connectivity index (χ3v) is 3.75. The van der Waals surface area contributed by atoms with Crippen LogP contribution in [0.1, 0.15) is 6.42 Å². The van der Waals surface area contributed by atoms with E-state index < -0.39 is 11.6 Å². The minimum Gasteiger partial charge on any atom is -0.355 e. The Morgan fingerprint density at radius 3 is 2.67 bits per heavy atom. The first kappa shape index (κ1) is 18.1. The second-order valence-electron chi connectivity index (χ2n) is 5.96. The van der Waals surface area contributed by atoms with Gasteiger partial charge >= 0.3 is 6.03 Å². The highest BCUT2D eigenvalue weighted by Crippen LogP contribution is 2.22. The number of anilines is 1. The average molecular weight is 340 g/mol. The second kappa shape index (κ2) is 8.05. The topological polar surface area (TPSA) is 55.9 Å². The van der Waals surface area contributed by atoms with Crippen LogP contribution in [0.2, 0.25) is 0 Å². The third kappa shape index (κ3) is 4.64. The smallest absolute Gasteiger partial charge is 0.325 e. The van der Waals surface area contributed by atoms with Crippen LogP contribution < -0.4 is 10.2 Å². The Hall–Kier alpha value is -2.22. The quantitative estimate of drug-likeness (QED) is 0.761. The number of nitrogens with zero attached hydrogens (tertiary/aromatic N) is 3. The lowest BCUT2D eigenvalue weighted by molar-refractivity contribution is -0.121. The van der Waals surface area contributed by atoms with Gasteiger partial charge < -0.3 is 15.1 Å². The van der Waals surface area contributed by atoms with Crippen molar-refractivity contribution in [3.63, 3.8) is 0 Å². The molecule has 3 amide bonds. The van der Waals surface area contributed by atoms with Gasteiger partial charge in [-0.3, -0.25) is 9.69 Å². The molecule has 0 aliphatic carbocycles.